The summed E-state index contributed by atoms with van der Waals surface area (Å²) in [6, 6.07) is 12.0. The summed E-state index contributed by atoms with van der Waals surface area (Å²) < 4.78 is 2.53. The fourth-order valence-corrected chi connectivity index (χ4v) is 8.63. The van der Waals surface area contributed by atoms with E-state index in [0.29, 0.717) is 23.7 Å². The van der Waals surface area contributed by atoms with Crippen molar-refractivity contribution in [3.8, 4) is 0 Å². The summed E-state index contributed by atoms with van der Waals surface area (Å²) in [7, 11) is 0. The van der Waals surface area contributed by atoms with E-state index < -0.39 is 0 Å². The molecule has 0 amide bonds. The van der Waals surface area contributed by atoms with Gasteiger partial charge in [-0.2, -0.15) is 0 Å². The number of hydrogen-bond acceptors (Lipinski definition) is 0. The van der Waals surface area contributed by atoms with Crippen LogP contribution in [0.3, 0.4) is 0 Å². The van der Waals surface area contributed by atoms with Crippen molar-refractivity contribution in [3.63, 3.8) is 0 Å². The Bertz CT molecular complexity index is 1300. The predicted octanol–water partition coefficient (Wildman–Crippen LogP) is 9.90. The van der Waals surface area contributed by atoms with Crippen molar-refractivity contribution in [2.45, 2.75) is 63.2 Å². The summed E-state index contributed by atoms with van der Waals surface area (Å²) in [4.78, 5) is 0. The van der Waals surface area contributed by atoms with Gasteiger partial charge in [0.15, 0.2) is 0 Å². The van der Waals surface area contributed by atoms with E-state index in [1.807, 2.05) is 0 Å². The van der Waals surface area contributed by atoms with Gasteiger partial charge in [-0.1, -0.05) is 74.4 Å². The molecule has 0 spiro atoms. The van der Waals surface area contributed by atoms with E-state index in [0.717, 1.165) is 12.8 Å². The van der Waals surface area contributed by atoms with Crippen LogP contribution in [0.15, 0.2) is 75.2 Å². The second-order valence-electron chi connectivity index (χ2n) is 10.7. The van der Waals surface area contributed by atoms with E-state index >= 15 is 0 Å². The first-order valence-electron chi connectivity index (χ1n) is 13.1. The lowest BCUT2D eigenvalue weighted by Gasteiger charge is -2.42. The molecular weight excluding hydrogens is 544 g/mol. The molecule has 2 aromatic carbocycles. The number of allylic oxidation sites excluding steroid dienone is 8. The Labute approximate surface area is 220 Å². The van der Waals surface area contributed by atoms with E-state index in [1.165, 1.54) is 47.5 Å². The minimum absolute atomic E-state index is 0.491. The monoisotopic (exact) mass is 572 g/mol. The molecule has 0 saturated carbocycles. The van der Waals surface area contributed by atoms with Gasteiger partial charge in [-0.3, -0.25) is 0 Å². The normalized spacial score (nSPS) is 28.9. The van der Waals surface area contributed by atoms with Crippen LogP contribution in [0.4, 0.5) is 0 Å². The minimum atomic E-state index is 0.491. The van der Waals surface area contributed by atoms with E-state index in [1.54, 1.807) is 44.5 Å². The van der Waals surface area contributed by atoms with Gasteiger partial charge in [-0.25, -0.2) is 0 Å². The molecule has 0 fully saturated rings. The van der Waals surface area contributed by atoms with Gasteiger partial charge in [-0.15, -0.1) is 0 Å². The zero-order valence-electron chi connectivity index (χ0n) is 19.5. The zero-order valence-corrected chi connectivity index (χ0v) is 22.7. The predicted molar refractivity (Wildman–Crippen MR) is 150 cm³/mol. The lowest BCUT2D eigenvalue weighted by Crippen LogP contribution is -2.27. The summed E-state index contributed by atoms with van der Waals surface area (Å²) in [5.74, 6) is 2.36. The molecule has 34 heavy (non-hydrogen) atoms. The van der Waals surface area contributed by atoms with Crippen LogP contribution < -0.4 is 0 Å². The second-order valence-corrected chi connectivity index (χ2v) is 12.5. The number of hydrogen-bond donors (Lipinski definition) is 0. The van der Waals surface area contributed by atoms with Crippen LogP contribution in [-0.4, -0.2) is 0 Å². The van der Waals surface area contributed by atoms with Crippen molar-refractivity contribution in [1.82, 2.24) is 0 Å². The Morgan fingerprint density at radius 2 is 1.62 bits per heavy atom. The summed E-state index contributed by atoms with van der Waals surface area (Å²) in [5, 5.41) is 0. The van der Waals surface area contributed by atoms with Gasteiger partial charge in [0.25, 0.3) is 0 Å². The van der Waals surface area contributed by atoms with Crippen LogP contribution in [0.25, 0.3) is 11.1 Å². The highest BCUT2D eigenvalue weighted by molar-refractivity contribution is 9.10. The Morgan fingerprint density at radius 3 is 2.41 bits per heavy atom. The summed E-state index contributed by atoms with van der Waals surface area (Å²) in [6.45, 7) is 0. The molecule has 0 nitrogen and oxygen atoms in total. The van der Waals surface area contributed by atoms with Crippen molar-refractivity contribution < 1.29 is 0 Å². The third-order valence-corrected chi connectivity index (χ3v) is 10.3. The van der Waals surface area contributed by atoms with Crippen molar-refractivity contribution in [2.24, 2.45) is 11.8 Å². The largest absolute Gasteiger partial charge is 0.0885 e. The number of fused-ring (bicyclic) bond motifs is 4. The van der Waals surface area contributed by atoms with Gasteiger partial charge in [0.2, 0.25) is 0 Å². The molecule has 2 heteroatoms. The smallest absolute Gasteiger partial charge is 0.0213 e. The van der Waals surface area contributed by atoms with E-state index in [9.17, 15) is 0 Å². The fourth-order valence-electron chi connectivity index (χ4n) is 7.72. The van der Waals surface area contributed by atoms with Gasteiger partial charge < -0.3 is 0 Å². The van der Waals surface area contributed by atoms with Crippen LogP contribution in [-0.2, 0) is 6.42 Å². The molecule has 0 N–H and O–H groups in total. The molecule has 0 aliphatic heterocycles. The topological polar surface area (TPSA) is 0 Å². The Balaban J connectivity index is 1.55. The van der Waals surface area contributed by atoms with Gasteiger partial charge in [-0.05, 0) is 132 Å². The Morgan fingerprint density at radius 1 is 0.765 bits per heavy atom. The van der Waals surface area contributed by atoms with Gasteiger partial charge in [0.1, 0.15) is 0 Å². The van der Waals surface area contributed by atoms with Crippen LogP contribution in [0, 0.1) is 11.8 Å². The number of rotatable bonds is 2. The van der Waals surface area contributed by atoms with Gasteiger partial charge in [0.05, 0.1) is 0 Å². The molecule has 0 radical (unpaired) electrons. The molecule has 4 atom stereocenters. The zero-order chi connectivity index (χ0) is 22.8. The van der Waals surface area contributed by atoms with Crippen LogP contribution in [0.2, 0.25) is 0 Å². The molecule has 5 aliphatic rings. The third kappa shape index (κ3) is 3.21. The molecular formula is C32H30Br2. The average Bonchev–Trinajstić information content (AvgIpc) is 3.20. The van der Waals surface area contributed by atoms with Gasteiger partial charge >= 0.3 is 0 Å². The molecule has 4 unspecified atom stereocenters. The van der Waals surface area contributed by atoms with Crippen LogP contribution in [0.1, 0.15) is 84.6 Å². The molecule has 0 saturated heterocycles. The first-order chi connectivity index (χ1) is 16.7. The fraction of sp³-hybridized carbons (Fsp3) is 0.375. The summed E-state index contributed by atoms with van der Waals surface area (Å²) >= 11 is 7.78. The molecule has 7 rings (SSSR count). The first-order valence-corrected chi connectivity index (χ1v) is 14.7. The standard InChI is InChI=1S/C32H30Br2/c33-21-14-15-22-26(18-21)29(20-10-5-2-6-11-20)32-25-16-17-27(34)23-12-7-13-24(30(23)25)31(32)28(22)19-8-3-1-4-9-19/h1-3,5,13-20,29,32H,4,6-12H2. The minimum Gasteiger partial charge on any atom is -0.0885 e. The van der Waals surface area contributed by atoms with Crippen molar-refractivity contribution in [2.75, 3.05) is 0 Å². The van der Waals surface area contributed by atoms with E-state index in [2.05, 4.69) is 92.6 Å². The number of benzene rings is 2. The lowest BCUT2D eigenvalue weighted by atomic mass is 9.61. The Kier molecular flexibility index (Phi) is 5.40. The van der Waals surface area contributed by atoms with Crippen molar-refractivity contribution in [3.05, 3.63) is 103 Å². The second kappa shape index (κ2) is 8.49. The molecule has 2 aromatic rings. The summed E-state index contributed by atoms with van der Waals surface area (Å²) in [6.07, 6.45) is 22.0. The van der Waals surface area contributed by atoms with Crippen LogP contribution >= 0.6 is 31.9 Å². The molecule has 0 heterocycles. The van der Waals surface area contributed by atoms with Crippen molar-refractivity contribution >= 4 is 43.0 Å². The van der Waals surface area contributed by atoms with Crippen LogP contribution in [0.5, 0.6) is 0 Å². The maximum Gasteiger partial charge on any atom is 0.0213 e. The molecule has 5 aliphatic carbocycles. The van der Waals surface area contributed by atoms with E-state index in [4.69, 9.17) is 0 Å². The molecule has 0 bridgehead atoms. The Hall–Kier alpha value is -1.64. The molecule has 0 aromatic heterocycles. The maximum atomic E-state index is 3.92. The highest BCUT2D eigenvalue weighted by Gasteiger charge is 2.48. The highest BCUT2D eigenvalue weighted by atomic mass is 79.9. The maximum absolute atomic E-state index is 3.92. The lowest BCUT2D eigenvalue weighted by molar-refractivity contribution is 0.360. The summed E-state index contributed by atoms with van der Waals surface area (Å²) in [5.41, 5.74) is 12.8. The third-order valence-electron chi connectivity index (χ3n) is 9.04. The van der Waals surface area contributed by atoms with Crippen molar-refractivity contribution in [1.29, 1.82) is 0 Å². The highest BCUT2D eigenvalue weighted by Crippen LogP contribution is 2.64. The SMILES string of the molecule is Brc1ccc2c(c1)C(C1CC=CCC1)C1C(=C2C2CC=CCC2)C2=CCCc3c(Br)ccc1c32. The molecule has 172 valence electrons. The van der Waals surface area contributed by atoms with Gasteiger partial charge in [0, 0.05) is 14.9 Å². The van der Waals surface area contributed by atoms with E-state index in [-0.39, 0.29) is 0 Å². The quantitative estimate of drug-likeness (QED) is 0.313. The first kappa shape index (κ1) is 21.6. The number of halogens is 2. The average molecular weight is 574 g/mol.